The third-order valence-electron chi connectivity index (χ3n) is 9.87. The molecule has 4 rings (SSSR count). The van der Waals surface area contributed by atoms with E-state index in [2.05, 4.69) is 90.5 Å². The van der Waals surface area contributed by atoms with Gasteiger partial charge in [0.2, 0.25) is 0 Å². The molecule has 0 aliphatic heterocycles. The number of allylic oxidation sites excluding steroid dienone is 5. The molecule has 28 heavy (non-hydrogen) atoms. The Morgan fingerprint density at radius 2 is 1.50 bits per heavy atom. The van der Waals surface area contributed by atoms with E-state index in [4.69, 9.17) is 0 Å². The number of hydrogen-bond donors (Lipinski definition) is 0. The summed E-state index contributed by atoms with van der Waals surface area (Å²) in [5.74, 6) is 0.643. The molecular weight excluding hydrogens is 503 g/mol. The van der Waals surface area contributed by atoms with E-state index in [0.717, 1.165) is 0 Å². The molecule has 0 aromatic heterocycles. The first-order chi connectivity index (χ1) is 12.4. The first-order valence-electron chi connectivity index (χ1n) is 11.6. The number of rotatable bonds is 4. The van der Waals surface area contributed by atoms with E-state index >= 15 is 0 Å². The molecular formula is C27H42Hf. The van der Waals surface area contributed by atoms with Crippen LogP contribution in [-0.4, -0.2) is 0 Å². The van der Waals surface area contributed by atoms with Crippen LogP contribution in [0.15, 0.2) is 42.5 Å². The van der Waals surface area contributed by atoms with Crippen molar-refractivity contribution < 1.29 is 14.1 Å². The van der Waals surface area contributed by atoms with Crippen LogP contribution in [0.1, 0.15) is 48.9 Å². The average Bonchev–Trinajstić information content (AvgIpc) is 3.23. The first kappa shape index (κ1) is 20.6. The molecule has 3 aliphatic rings. The number of fused-ring (bicyclic) bond motifs is 2. The predicted octanol–water partition coefficient (Wildman–Crippen LogP) is 8.94. The van der Waals surface area contributed by atoms with Crippen molar-refractivity contribution >= 4 is 6.08 Å². The Balaban J connectivity index is 2.16. The summed E-state index contributed by atoms with van der Waals surface area (Å²) < 4.78 is 17.0. The monoisotopic (exact) mass is 546 g/mol. The predicted molar refractivity (Wildman–Crippen MR) is 126 cm³/mol. The molecule has 1 atom stereocenters. The van der Waals surface area contributed by atoms with Crippen LogP contribution in [0.4, 0.5) is 0 Å². The standard InChI is InChI=1S/C16H19.C5H5.6CH3.Hf/c1-11(2)8-14-6-7-15-9-12-4-3-5-13(12)10-16(14)15;1-2-4-5-3-1;;;;;;;/h6-7,9-11H,3-5,8H2,1-2H3;1-5H;6*1H3;. The molecule has 0 amide bonds. The fourth-order valence-corrected chi connectivity index (χ4v) is 37.0. The van der Waals surface area contributed by atoms with Crippen LogP contribution in [0, 0.1) is 5.92 Å². The fourth-order valence-electron chi connectivity index (χ4n) is 7.40. The van der Waals surface area contributed by atoms with E-state index in [1.54, 1.807) is 16.7 Å². The quantitative estimate of drug-likeness (QED) is 0.332. The average molecular weight is 545 g/mol. The van der Waals surface area contributed by atoms with Gasteiger partial charge < -0.3 is 0 Å². The summed E-state index contributed by atoms with van der Waals surface area (Å²) in [4.78, 5) is 0. The molecule has 1 unspecified atom stereocenters. The van der Waals surface area contributed by atoms with Crippen molar-refractivity contribution in [2.45, 2.75) is 74.5 Å². The van der Waals surface area contributed by atoms with Crippen molar-refractivity contribution in [2.24, 2.45) is 5.92 Å². The van der Waals surface area contributed by atoms with Gasteiger partial charge in [0.1, 0.15) is 0 Å². The zero-order valence-electron chi connectivity index (χ0n) is 19.6. The van der Waals surface area contributed by atoms with Crippen molar-refractivity contribution in [1.29, 1.82) is 0 Å². The Morgan fingerprint density at radius 1 is 0.929 bits per heavy atom. The Morgan fingerprint density at radius 3 is 2.07 bits per heavy atom. The third-order valence-corrected chi connectivity index (χ3v) is 50.2. The van der Waals surface area contributed by atoms with Gasteiger partial charge >= 0.3 is 165 Å². The molecule has 0 radical (unpaired) electrons. The summed E-state index contributed by atoms with van der Waals surface area (Å²) in [5, 5.41) is 0. The zero-order valence-corrected chi connectivity index (χ0v) is 23.2. The third kappa shape index (κ3) is 2.32. The van der Waals surface area contributed by atoms with Crippen LogP contribution in [0.5, 0.6) is 0 Å². The van der Waals surface area contributed by atoms with Crippen LogP contribution < -0.4 is 0 Å². The van der Waals surface area contributed by atoms with Crippen molar-refractivity contribution in [3.8, 4) is 0 Å². The van der Waals surface area contributed by atoms with E-state index < -0.39 is 14.1 Å². The van der Waals surface area contributed by atoms with Gasteiger partial charge in [0.05, 0.1) is 0 Å². The molecule has 0 spiro atoms. The SMILES string of the molecule is CC(C)C[C]1([Hf]([CH3])([CH3])([CH3])([CH3])([CH3])([CH3])[CH]2C=CC=C2)C=Cc2cc3c(cc21)CCC3. The zero-order chi connectivity index (χ0) is 20.8. The van der Waals surface area contributed by atoms with Crippen LogP contribution in [0.25, 0.3) is 6.08 Å². The molecule has 0 saturated carbocycles. The number of hydrogen-bond acceptors (Lipinski definition) is 0. The van der Waals surface area contributed by atoms with Crippen LogP contribution >= 0.6 is 0 Å². The second-order valence-corrected chi connectivity index (χ2v) is 102. The molecule has 0 N–H and O–H groups in total. The molecule has 1 aromatic carbocycles. The van der Waals surface area contributed by atoms with Gasteiger partial charge in [-0.2, -0.15) is 0 Å². The van der Waals surface area contributed by atoms with Crippen LogP contribution in [0.2, 0.25) is 31.8 Å². The summed E-state index contributed by atoms with van der Waals surface area (Å²) in [7, 11) is 0. The van der Waals surface area contributed by atoms with Gasteiger partial charge in [-0.05, 0) is 0 Å². The van der Waals surface area contributed by atoms with E-state index in [0.29, 0.717) is 9.59 Å². The van der Waals surface area contributed by atoms with Crippen molar-refractivity contribution in [2.75, 3.05) is 0 Å². The molecule has 3 aliphatic carbocycles. The summed E-state index contributed by atoms with van der Waals surface area (Å²) in [5.41, 5.74) is 6.34. The van der Waals surface area contributed by atoms with Gasteiger partial charge in [-0.15, -0.1) is 0 Å². The maximum absolute atomic E-state index is 5.05. The Labute approximate surface area is 164 Å². The van der Waals surface area contributed by atoms with Crippen LogP contribution in [0.3, 0.4) is 0 Å². The van der Waals surface area contributed by atoms with E-state index in [9.17, 15) is 0 Å². The Kier molecular flexibility index (Phi) is 3.09. The van der Waals surface area contributed by atoms with Gasteiger partial charge in [-0.1, -0.05) is 0 Å². The van der Waals surface area contributed by atoms with Gasteiger partial charge in [0.15, 0.2) is 0 Å². The fraction of sp³-hybridized carbons (Fsp3) is 0.556. The van der Waals surface area contributed by atoms with Crippen LogP contribution in [-0.2, 0) is 30.1 Å². The molecule has 0 saturated heterocycles. The Bertz CT molecular complexity index is 988. The minimum absolute atomic E-state index is 0.0707. The molecule has 0 heterocycles. The normalized spacial score (nSPS) is 29.3. The summed E-state index contributed by atoms with van der Waals surface area (Å²) in [6, 6.07) is 5.18. The molecule has 0 fully saturated rings. The number of benzene rings is 1. The van der Waals surface area contributed by atoms with Crippen molar-refractivity contribution in [3.05, 3.63) is 64.8 Å². The molecule has 0 bridgehead atoms. The summed E-state index contributed by atoms with van der Waals surface area (Å²) in [6.07, 6.45) is 19.8. The Hall–Kier alpha value is -0.690. The van der Waals surface area contributed by atoms with E-state index in [-0.39, 0.29) is 3.17 Å². The molecule has 1 heteroatoms. The molecule has 1 aromatic rings. The van der Waals surface area contributed by atoms with Crippen molar-refractivity contribution in [1.82, 2.24) is 0 Å². The van der Waals surface area contributed by atoms with Crippen molar-refractivity contribution in [3.63, 3.8) is 0 Å². The number of aryl methyl sites for hydroxylation is 2. The maximum atomic E-state index is 2.75. The second kappa shape index (κ2) is 4.20. The molecule has 154 valence electrons. The van der Waals surface area contributed by atoms with E-state index in [1.807, 2.05) is 0 Å². The van der Waals surface area contributed by atoms with Gasteiger partial charge in [0, 0.05) is 0 Å². The summed E-state index contributed by atoms with van der Waals surface area (Å²) >= 11 is -5.05. The minimum atomic E-state index is -5.05. The van der Waals surface area contributed by atoms with E-state index in [1.165, 1.54) is 31.2 Å². The summed E-state index contributed by atoms with van der Waals surface area (Å²) in [6.45, 7) is 4.83. The van der Waals surface area contributed by atoms with Gasteiger partial charge in [-0.25, -0.2) is 0 Å². The topological polar surface area (TPSA) is 0 Å². The molecule has 0 nitrogen and oxygen atoms in total. The van der Waals surface area contributed by atoms with Gasteiger partial charge in [-0.3, -0.25) is 0 Å². The van der Waals surface area contributed by atoms with Gasteiger partial charge in [0.25, 0.3) is 0 Å². The first-order valence-corrected chi connectivity index (χ1v) is 37.1. The second-order valence-electron chi connectivity index (χ2n) is 18.1.